The molecule has 0 amide bonds. The van der Waals surface area contributed by atoms with E-state index in [0.29, 0.717) is 0 Å². The van der Waals surface area contributed by atoms with Crippen LogP contribution < -0.4 is 10.1 Å². The van der Waals surface area contributed by atoms with Gasteiger partial charge in [-0.1, -0.05) is 28.9 Å². The Morgan fingerprint density at radius 3 is 2.83 bits per heavy atom. The first-order valence-electron chi connectivity index (χ1n) is 5.85. The molecule has 96 valence electrons. The molecule has 1 atom stereocenters. The second-order valence-electron chi connectivity index (χ2n) is 3.93. The molecule has 4 heteroatoms. The average Bonchev–Trinajstić information content (AvgIpc) is 2.90. The van der Waals surface area contributed by atoms with Crippen molar-refractivity contribution in [2.24, 2.45) is 0 Å². The summed E-state index contributed by atoms with van der Waals surface area (Å²) in [5.74, 6) is 0.858. The summed E-state index contributed by atoms with van der Waals surface area (Å²) in [6.45, 7) is 2.95. The van der Waals surface area contributed by atoms with Crippen LogP contribution in [-0.2, 0) is 0 Å². The van der Waals surface area contributed by atoms with Gasteiger partial charge in [-0.3, -0.25) is 0 Å². The largest absolute Gasteiger partial charge is 0.496 e. The zero-order valence-corrected chi connectivity index (χ0v) is 12.0. The Morgan fingerprint density at radius 1 is 1.39 bits per heavy atom. The Hall–Kier alpha value is -1.26. The molecule has 1 N–H and O–H groups in total. The molecule has 0 aliphatic carbocycles. The highest BCUT2D eigenvalue weighted by Gasteiger charge is 2.18. The van der Waals surface area contributed by atoms with Crippen molar-refractivity contribution in [3.05, 3.63) is 52.4 Å². The van der Waals surface area contributed by atoms with Crippen molar-refractivity contribution < 1.29 is 9.15 Å². The van der Waals surface area contributed by atoms with E-state index in [1.165, 1.54) is 0 Å². The zero-order chi connectivity index (χ0) is 13.0. The van der Waals surface area contributed by atoms with Gasteiger partial charge in [-0.25, -0.2) is 0 Å². The fourth-order valence-corrected chi connectivity index (χ4v) is 2.31. The Kier molecular flexibility index (Phi) is 4.44. The van der Waals surface area contributed by atoms with Crippen molar-refractivity contribution in [1.82, 2.24) is 5.32 Å². The highest BCUT2D eigenvalue weighted by Crippen LogP contribution is 2.32. The minimum absolute atomic E-state index is 0.0804. The van der Waals surface area contributed by atoms with Crippen LogP contribution in [0.25, 0.3) is 0 Å². The van der Waals surface area contributed by atoms with Gasteiger partial charge in [-0.05, 0) is 24.7 Å². The first-order valence-corrected chi connectivity index (χ1v) is 6.64. The standard InChI is InChI=1S/C14H16BrNO2/c1-3-16-14(10-6-7-18-9-10)12-5-4-11(15)8-13(12)17-2/h4-9,14,16H,3H2,1-2H3. The van der Waals surface area contributed by atoms with Gasteiger partial charge in [-0.15, -0.1) is 0 Å². The lowest BCUT2D eigenvalue weighted by molar-refractivity contribution is 0.404. The molecule has 0 fully saturated rings. The van der Waals surface area contributed by atoms with Crippen LogP contribution >= 0.6 is 15.9 Å². The van der Waals surface area contributed by atoms with Gasteiger partial charge >= 0.3 is 0 Å². The number of furan rings is 1. The Bertz CT molecular complexity index is 497. The third-order valence-electron chi connectivity index (χ3n) is 2.79. The third kappa shape index (κ3) is 2.76. The molecule has 0 aliphatic rings. The molecule has 1 heterocycles. The monoisotopic (exact) mass is 309 g/mol. The summed E-state index contributed by atoms with van der Waals surface area (Å²) < 4.78 is 11.6. The molecular formula is C14H16BrNO2. The van der Waals surface area contributed by atoms with Gasteiger partial charge in [0.1, 0.15) is 5.75 Å². The molecule has 0 saturated heterocycles. The zero-order valence-electron chi connectivity index (χ0n) is 10.4. The molecule has 0 spiro atoms. The number of halogens is 1. The van der Waals surface area contributed by atoms with Crippen LogP contribution in [0.15, 0.2) is 45.7 Å². The van der Waals surface area contributed by atoms with Crippen LogP contribution in [0.1, 0.15) is 24.1 Å². The number of rotatable bonds is 5. The molecule has 0 saturated carbocycles. The van der Waals surface area contributed by atoms with Gasteiger partial charge in [-0.2, -0.15) is 0 Å². The Balaban J connectivity index is 2.42. The van der Waals surface area contributed by atoms with Gasteiger partial charge in [0.2, 0.25) is 0 Å². The van der Waals surface area contributed by atoms with E-state index in [1.807, 2.05) is 18.2 Å². The maximum absolute atomic E-state index is 5.45. The van der Waals surface area contributed by atoms with Crippen LogP contribution in [0.5, 0.6) is 5.75 Å². The lowest BCUT2D eigenvalue weighted by Crippen LogP contribution is -2.22. The molecule has 1 aromatic heterocycles. The maximum atomic E-state index is 5.45. The van der Waals surface area contributed by atoms with Crippen molar-refractivity contribution in [1.29, 1.82) is 0 Å². The Morgan fingerprint density at radius 2 is 2.22 bits per heavy atom. The van der Waals surface area contributed by atoms with E-state index in [-0.39, 0.29) is 6.04 Å². The second-order valence-corrected chi connectivity index (χ2v) is 4.85. The minimum atomic E-state index is 0.0804. The molecule has 0 radical (unpaired) electrons. The van der Waals surface area contributed by atoms with E-state index >= 15 is 0 Å². The van der Waals surface area contributed by atoms with Crippen molar-refractivity contribution in [3.8, 4) is 5.75 Å². The Labute approximate surface area is 115 Å². The van der Waals surface area contributed by atoms with E-state index in [2.05, 4.69) is 34.2 Å². The predicted octanol–water partition coefficient (Wildman–Crippen LogP) is 3.75. The molecule has 3 nitrogen and oxygen atoms in total. The highest BCUT2D eigenvalue weighted by atomic mass is 79.9. The summed E-state index contributed by atoms with van der Waals surface area (Å²) in [6, 6.07) is 8.09. The smallest absolute Gasteiger partial charge is 0.125 e. The average molecular weight is 310 g/mol. The third-order valence-corrected chi connectivity index (χ3v) is 3.28. The summed E-state index contributed by atoms with van der Waals surface area (Å²) in [5.41, 5.74) is 2.20. The van der Waals surface area contributed by atoms with Crippen LogP contribution in [-0.4, -0.2) is 13.7 Å². The summed E-state index contributed by atoms with van der Waals surface area (Å²) in [6.07, 6.45) is 3.44. The van der Waals surface area contributed by atoms with Gasteiger partial charge in [0, 0.05) is 15.6 Å². The molecule has 1 aromatic carbocycles. The number of hydrogen-bond donors (Lipinski definition) is 1. The molecule has 0 aliphatic heterocycles. The highest BCUT2D eigenvalue weighted by molar-refractivity contribution is 9.10. The van der Waals surface area contributed by atoms with Gasteiger partial charge in [0.05, 0.1) is 25.7 Å². The summed E-state index contributed by atoms with van der Waals surface area (Å²) in [5, 5.41) is 3.44. The van der Waals surface area contributed by atoms with Crippen LogP contribution in [0.2, 0.25) is 0 Å². The second kappa shape index (κ2) is 6.07. The van der Waals surface area contributed by atoms with Gasteiger partial charge in [0.15, 0.2) is 0 Å². The van der Waals surface area contributed by atoms with E-state index < -0.39 is 0 Å². The summed E-state index contributed by atoms with van der Waals surface area (Å²) >= 11 is 3.46. The first kappa shape index (κ1) is 13.2. The minimum Gasteiger partial charge on any atom is -0.496 e. The maximum Gasteiger partial charge on any atom is 0.125 e. The fraction of sp³-hybridized carbons (Fsp3) is 0.286. The van der Waals surface area contributed by atoms with E-state index in [4.69, 9.17) is 9.15 Å². The number of hydrogen-bond acceptors (Lipinski definition) is 3. The molecule has 2 rings (SSSR count). The van der Waals surface area contributed by atoms with E-state index in [1.54, 1.807) is 19.6 Å². The lowest BCUT2D eigenvalue weighted by Gasteiger charge is -2.19. The lowest BCUT2D eigenvalue weighted by atomic mass is 10.0. The van der Waals surface area contributed by atoms with Gasteiger partial charge in [0.25, 0.3) is 0 Å². The molecular weight excluding hydrogens is 294 g/mol. The van der Waals surface area contributed by atoms with Crippen molar-refractivity contribution in [2.75, 3.05) is 13.7 Å². The summed E-state index contributed by atoms with van der Waals surface area (Å²) in [7, 11) is 1.68. The fourth-order valence-electron chi connectivity index (χ4n) is 1.97. The van der Waals surface area contributed by atoms with Gasteiger partial charge < -0.3 is 14.5 Å². The molecule has 1 unspecified atom stereocenters. The van der Waals surface area contributed by atoms with Crippen LogP contribution in [0.4, 0.5) is 0 Å². The van der Waals surface area contributed by atoms with Crippen molar-refractivity contribution >= 4 is 15.9 Å². The predicted molar refractivity (Wildman–Crippen MR) is 74.9 cm³/mol. The molecule has 0 bridgehead atoms. The van der Waals surface area contributed by atoms with E-state index in [0.717, 1.165) is 27.9 Å². The van der Waals surface area contributed by atoms with Crippen molar-refractivity contribution in [3.63, 3.8) is 0 Å². The summed E-state index contributed by atoms with van der Waals surface area (Å²) in [4.78, 5) is 0. The van der Waals surface area contributed by atoms with Crippen LogP contribution in [0, 0.1) is 0 Å². The van der Waals surface area contributed by atoms with E-state index in [9.17, 15) is 0 Å². The van der Waals surface area contributed by atoms with Crippen LogP contribution in [0.3, 0.4) is 0 Å². The molecule has 2 aromatic rings. The van der Waals surface area contributed by atoms with Crippen molar-refractivity contribution in [2.45, 2.75) is 13.0 Å². The first-order chi connectivity index (χ1) is 8.76. The number of nitrogens with one attached hydrogen (secondary N) is 1. The molecule has 18 heavy (non-hydrogen) atoms. The number of methoxy groups -OCH3 is 1. The number of benzene rings is 1. The topological polar surface area (TPSA) is 34.4 Å². The quantitative estimate of drug-likeness (QED) is 0.913. The number of ether oxygens (including phenoxy) is 1. The normalized spacial score (nSPS) is 12.4. The SMILES string of the molecule is CCNC(c1ccoc1)c1ccc(Br)cc1OC.